The van der Waals surface area contributed by atoms with Crippen molar-refractivity contribution in [3.8, 4) is 5.88 Å². The standard InChI is InChI=1S/C17H24N2O3/c1-2-22-16-9-5-7-13(18-16)11-19-14-8-4-3-6-12(14)10-15(19)17(20)21/h5,7,9,12,14-15H,2-4,6,8,10-11H2,1H3,(H,20,21). The van der Waals surface area contributed by atoms with E-state index in [-0.39, 0.29) is 6.04 Å². The molecule has 3 rings (SSSR count). The summed E-state index contributed by atoms with van der Waals surface area (Å²) in [6, 6.07) is 5.75. The number of nitrogens with zero attached hydrogens (tertiary/aromatic N) is 2. The second kappa shape index (κ2) is 6.65. The van der Waals surface area contributed by atoms with Crippen LogP contribution in [0.15, 0.2) is 18.2 Å². The number of ether oxygens (including phenoxy) is 1. The van der Waals surface area contributed by atoms with E-state index in [2.05, 4.69) is 9.88 Å². The molecule has 1 aromatic rings. The molecular formula is C17H24N2O3. The van der Waals surface area contributed by atoms with Gasteiger partial charge in [-0.15, -0.1) is 0 Å². The summed E-state index contributed by atoms with van der Waals surface area (Å²) in [7, 11) is 0. The van der Waals surface area contributed by atoms with Crippen molar-refractivity contribution in [2.24, 2.45) is 5.92 Å². The van der Waals surface area contributed by atoms with Gasteiger partial charge in [0.2, 0.25) is 5.88 Å². The molecule has 22 heavy (non-hydrogen) atoms. The Hall–Kier alpha value is -1.62. The SMILES string of the molecule is CCOc1cccc(CN2C(C(=O)O)CC3CCCCC32)n1. The molecule has 1 N–H and O–H groups in total. The van der Waals surface area contributed by atoms with Gasteiger partial charge in [0, 0.05) is 18.7 Å². The maximum atomic E-state index is 11.6. The van der Waals surface area contributed by atoms with Crippen molar-refractivity contribution in [1.29, 1.82) is 0 Å². The van der Waals surface area contributed by atoms with Crippen LogP contribution in [-0.2, 0) is 11.3 Å². The normalized spacial score (nSPS) is 28.3. The second-order valence-corrected chi connectivity index (χ2v) is 6.27. The zero-order chi connectivity index (χ0) is 15.5. The summed E-state index contributed by atoms with van der Waals surface area (Å²) in [6.07, 6.45) is 5.50. The van der Waals surface area contributed by atoms with Gasteiger partial charge in [0.1, 0.15) is 6.04 Å². The topological polar surface area (TPSA) is 62.7 Å². The molecule has 3 atom stereocenters. The highest BCUT2D eigenvalue weighted by Gasteiger charge is 2.45. The predicted molar refractivity (Wildman–Crippen MR) is 82.7 cm³/mol. The smallest absolute Gasteiger partial charge is 0.320 e. The second-order valence-electron chi connectivity index (χ2n) is 6.27. The number of aromatic nitrogens is 1. The monoisotopic (exact) mass is 304 g/mol. The highest BCUT2D eigenvalue weighted by atomic mass is 16.5. The molecule has 1 saturated heterocycles. The lowest BCUT2D eigenvalue weighted by Gasteiger charge is -2.32. The molecule has 1 aliphatic heterocycles. The van der Waals surface area contributed by atoms with Crippen LogP contribution < -0.4 is 4.74 Å². The molecule has 5 nitrogen and oxygen atoms in total. The molecule has 1 aliphatic carbocycles. The summed E-state index contributed by atoms with van der Waals surface area (Å²) >= 11 is 0. The quantitative estimate of drug-likeness (QED) is 0.906. The highest BCUT2D eigenvalue weighted by molar-refractivity contribution is 5.74. The van der Waals surface area contributed by atoms with Gasteiger partial charge >= 0.3 is 5.97 Å². The number of hydrogen-bond donors (Lipinski definition) is 1. The van der Waals surface area contributed by atoms with Gasteiger partial charge in [-0.3, -0.25) is 9.69 Å². The van der Waals surface area contributed by atoms with Crippen molar-refractivity contribution in [2.45, 2.75) is 57.7 Å². The average Bonchev–Trinajstić information content (AvgIpc) is 2.87. The summed E-state index contributed by atoms with van der Waals surface area (Å²) in [5, 5.41) is 9.56. The van der Waals surface area contributed by atoms with Crippen LogP contribution in [-0.4, -0.2) is 39.7 Å². The zero-order valence-electron chi connectivity index (χ0n) is 13.1. The number of pyridine rings is 1. The van der Waals surface area contributed by atoms with Gasteiger partial charge in [-0.05, 0) is 38.2 Å². The Morgan fingerprint density at radius 1 is 1.41 bits per heavy atom. The summed E-state index contributed by atoms with van der Waals surface area (Å²) in [6.45, 7) is 3.11. The number of fused-ring (bicyclic) bond motifs is 1. The number of aliphatic carboxylic acids is 1. The van der Waals surface area contributed by atoms with E-state index >= 15 is 0 Å². The van der Waals surface area contributed by atoms with Crippen LogP contribution >= 0.6 is 0 Å². The van der Waals surface area contributed by atoms with E-state index in [0.29, 0.717) is 31.0 Å². The van der Waals surface area contributed by atoms with Crippen LogP contribution in [0, 0.1) is 5.92 Å². The number of carboxylic acid groups (broad SMARTS) is 1. The van der Waals surface area contributed by atoms with Crippen molar-refractivity contribution in [2.75, 3.05) is 6.61 Å². The fourth-order valence-electron chi connectivity index (χ4n) is 3.98. The van der Waals surface area contributed by atoms with Crippen molar-refractivity contribution in [3.05, 3.63) is 23.9 Å². The highest BCUT2D eigenvalue weighted by Crippen LogP contribution is 2.40. The number of likely N-dealkylation sites (tertiary alicyclic amines) is 1. The van der Waals surface area contributed by atoms with Crippen LogP contribution in [0.2, 0.25) is 0 Å². The van der Waals surface area contributed by atoms with Gasteiger partial charge in [-0.2, -0.15) is 0 Å². The lowest BCUT2D eigenvalue weighted by Crippen LogP contribution is -2.41. The van der Waals surface area contributed by atoms with E-state index in [1.54, 1.807) is 0 Å². The summed E-state index contributed by atoms with van der Waals surface area (Å²) in [4.78, 5) is 18.3. The Morgan fingerprint density at radius 3 is 3.00 bits per heavy atom. The third kappa shape index (κ3) is 3.09. The molecule has 3 unspecified atom stereocenters. The Labute approximate surface area is 131 Å². The number of hydrogen-bond acceptors (Lipinski definition) is 4. The predicted octanol–water partition coefficient (Wildman–Crippen LogP) is 2.70. The first-order valence-electron chi connectivity index (χ1n) is 8.26. The summed E-state index contributed by atoms with van der Waals surface area (Å²) < 4.78 is 5.45. The first-order chi connectivity index (χ1) is 10.7. The number of rotatable bonds is 5. The lowest BCUT2D eigenvalue weighted by molar-refractivity contribution is -0.142. The van der Waals surface area contributed by atoms with Crippen molar-refractivity contribution >= 4 is 5.97 Å². The number of carboxylic acids is 1. The minimum atomic E-state index is -0.699. The molecule has 5 heteroatoms. The molecule has 2 aliphatic rings. The largest absolute Gasteiger partial charge is 0.480 e. The van der Waals surface area contributed by atoms with Crippen LogP contribution in [0.3, 0.4) is 0 Å². The maximum Gasteiger partial charge on any atom is 0.320 e. The van der Waals surface area contributed by atoms with Gasteiger partial charge in [0.15, 0.2) is 0 Å². The molecule has 1 aromatic heterocycles. The van der Waals surface area contributed by atoms with Crippen LogP contribution in [0.4, 0.5) is 0 Å². The van der Waals surface area contributed by atoms with Gasteiger partial charge in [0.25, 0.3) is 0 Å². The summed E-state index contributed by atoms with van der Waals surface area (Å²) in [5.74, 6) is 0.451. The minimum Gasteiger partial charge on any atom is -0.480 e. The lowest BCUT2D eigenvalue weighted by atomic mass is 9.85. The maximum absolute atomic E-state index is 11.6. The van der Waals surface area contributed by atoms with Crippen molar-refractivity contribution in [1.82, 2.24) is 9.88 Å². The molecule has 0 amide bonds. The van der Waals surface area contributed by atoms with Crippen molar-refractivity contribution in [3.63, 3.8) is 0 Å². The minimum absolute atomic E-state index is 0.370. The van der Waals surface area contributed by atoms with Gasteiger partial charge in [0.05, 0.1) is 12.3 Å². The molecular weight excluding hydrogens is 280 g/mol. The van der Waals surface area contributed by atoms with E-state index in [0.717, 1.165) is 25.0 Å². The Kier molecular flexibility index (Phi) is 4.62. The Balaban J connectivity index is 1.78. The third-order valence-corrected chi connectivity index (χ3v) is 4.92. The first-order valence-corrected chi connectivity index (χ1v) is 8.26. The molecule has 2 heterocycles. The Bertz CT molecular complexity index is 534. The third-order valence-electron chi connectivity index (χ3n) is 4.92. The van der Waals surface area contributed by atoms with E-state index in [9.17, 15) is 9.90 Å². The van der Waals surface area contributed by atoms with Gasteiger partial charge < -0.3 is 9.84 Å². The molecule has 120 valence electrons. The molecule has 0 bridgehead atoms. The molecule has 1 saturated carbocycles. The summed E-state index contributed by atoms with van der Waals surface area (Å²) in [5.41, 5.74) is 0.892. The van der Waals surface area contributed by atoms with Crippen LogP contribution in [0.1, 0.15) is 44.7 Å². The van der Waals surface area contributed by atoms with Gasteiger partial charge in [-0.25, -0.2) is 4.98 Å². The first kappa shape index (κ1) is 15.3. The fraction of sp³-hybridized carbons (Fsp3) is 0.647. The van der Waals surface area contributed by atoms with E-state index < -0.39 is 5.97 Å². The van der Waals surface area contributed by atoms with E-state index in [4.69, 9.17) is 4.74 Å². The number of carbonyl (C=O) groups is 1. The van der Waals surface area contributed by atoms with E-state index in [1.807, 2.05) is 25.1 Å². The fourth-order valence-corrected chi connectivity index (χ4v) is 3.98. The average molecular weight is 304 g/mol. The molecule has 0 spiro atoms. The molecule has 2 fully saturated rings. The van der Waals surface area contributed by atoms with Crippen LogP contribution in [0.25, 0.3) is 0 Å². The van der Waals surface area contributed by atoms with Gasteiger partial charge in [-0.1, -0.05) is 18.9 Å². The Morgan fingerprint density at radius 2 is 2.23 bits per heavy atom. The zero-order valence-corrected chi connectivity index (χ0v) is 13.1. The molecule has 0 radical (unpaired) electrons. The van der Waals surface area contributed by atoms with Crippen molar-refractivity contribution < 1.29 is 14.6 Å². The van der Waals surface area contributed by atoms with E-state index in [1.165, 1.54) is 12.8 Å². The van der Waals surface area contributed by atoms with Crippen LogP contribution in [0.5, 0.6) is 5.88 Å². The molecule has 0 aromatic carbocycles.